The molecule has 0 spiro atoms. The fourth-order valence-electron chi connectivity index (χ4n) is 7.52. The number of anilines is 1. The van der Waals surface area contributed by atoms with Gasteiger partial charge < -0.3 is 29.9 Å². The van der Waals surface area contributed by atoms with Crippen molar-refractivity contribution in [2.75, 3.05) is 71.3 Å². The Bertz CT molecular complexity index is 1690. The molecule has 3 N–H and O–H groups in total. The number of hydrogen-bond donors (Lipinski definition) is 3. The third-order valence-corrected chi connectivity index (χ3v) is 13.3. The Labute approximate surface area is 315 Å². The lowest BCUT2D eigenvalue weighted by Gasteiger charge is -2.42. The first-order valence-corrected chi connectivity index (χ1v) is 20.5. The van der Waals surface area contributed by atoms with Crippen molar-refractivity contribution < 1.29 is 32.6 Å². The average Bonchev–Trinajstić information content (AvgIpc) is 3.31. The molecule has 17 heteroatoms. The predicted octanol–water partition coefficient (Wildman–Crippen LogP) is 3.59. The maximum atomic E-state index is 14.1. The summed E-state index contributed by atoms with van der Waals surface area (Å²) in [4.78, 5) is 48.3. The van der Waals surface area contributed by atoms with Crippen LogP contribution in [0.25, 0.3) is 0 Å². The summed E-state index contributed by atoms with van der Waals surface area (Å²) in [5.74, 6) is -0.238. The highest BCUT2D eigenvalue weighted by Gasteiger charge is 2.37. The number of rotatable bonds is 8. The number of piperidine rings is 2. The molecule has 14 nitrogen and oxygen atoms in total. The number of fused-ring (bicyclic) bond motifs is 1. The van der Waals surface area contributed by atoms with Gasteiger partial charge in [-0.3, -0.25) is 9.69 Å². The van der Waals surface area contributed by atoms with Crippen molar-refractivity contribution in [2.24, 2.45) is 0 Å². The Balaban J connectivity index is 1.07. The lowest BCUT2D eigenvalue weighted by molar-refractivity contribution is -0.142. The molecule has 0 radical (unpaired) electrons. The van der Waals surface area contributed by atoms with Crippen LogP contribution >= 0.6 is 31.9 Å². The first kappa shape index (κ1) is 37.8. The minimum Gasteiger partial charge on any atom is -0.506 e. The highest BCUT2D eigenvalue weighted by Crippen LogP contribution is 2.34. The summed E-state index contributed by atoms with van der Waals surface area (Å²) in [7, 11) is -2.04. The van der Waals surface area contributed by atoms with E-state index in [1.165, 1.54) is 11.4 Å². The number of carbonyl (C=O) groups is 3. The normalized spacial score (nSPS) is 20.8. The van der Waals surface area contributed by atoms with E-state index < -0.39 is 22.4 Å². The Morgan fingerprint density at radius 3 is 2.18 bits per heavy atom. The smallest absolute Gasteiger partial charge is 0.410 e. The Morgan fingerprint density at radius 2 is 1.53 bits per heavy atom. The van der Waals surface area contributed by atoms with E-state index in [1.807, 2.05) is 29.2 Å². The van der Waals surface area contributed by atoms with Crippen LogP contribution in [-0.4, -0.2) is 140 Å². The molecule has 3 saturated heterocycles. The molecule has 51 heavy (non-hydrogen) atoms. The maximum Gasteiger partial charge on any atom is 0.410 e. The molecule has 2 aromatic rings. The fraction of sp³-hybridized carbons (Fsp3) is 0.559. The zero-order valence-electron chi connectivity index (χ0n) is 28.6. The Morgan fingerprint density at radius 1 is 0.922 bits per heavy atom. The number of nitrogens with zero attached hydrogens (tertiary/aromatic N) is 5. The topological polar surface area (TPSA) is 155 Å². The standard InChI is InChI=1S/C34H45Br2N7O7S/c1-37-51(48,49)42-18-16-39(17-19-42)25-7-11-40(12-8-25)32(45)30(22-23-20-27(35)31(44)28(36)21-23)50-34(47)41-13-9-26(10-14-41)43-15-6-24-4-2-3-5-29(24)38-33(43)46/h2-5,20-21,25-26,30,37,44H,6-19,22H2,1H3,(H,38,46). The number of carbonyl (C=O) groups excluding carboxylic acids is 3. The third kappa shape index (κ3) is 8.82. The first-order chi connectivity index (χ1) is 24.4. The van der Waals surface area contributed by atoms with Gasteiger partial charge in [-0.25, -0.2) is 14.3 Å². The number of nitrogens with one attached hydrogen (secondary N) is 2. The molecule has 4 aliphatic rings. The van der Waals surface area contributed by atoms with Crippen molar-refractivity contribution in [3.8, 4) is 5.75 Å². The minimum atomic E-state index is -3.46. The number of phenols is 1. The van der Waals surface area contributed by atoms with Gasteiger partial charge in [0.15, 0.2) is 6.10 Å². The number of halogens is 2. The first-order valence-electron chi connectivity index (χ1n) is 17.4. The molecular formula is C34H45Br2N7O7S. The number of para-hydroxylation sites is 1. The largest absolute Gasteiger partial charge is 0.506 e. The number of hydrogen-bond acceptors (Lipinski definition) is 8. The van der Waals surface area contributed by atoms with Crippen LogP contribution in [0, 0.1) is 0 Å². The Kier molecular flexibility index (Phi) is 12.1. The second-order valence-corrected chi connectivity index (χ2v) is 17.0. The lowest BCUT2D eigenvalue weighted by atomic mass is 10.0. The van der Waals surface area contributed by atoms with E-state index in [9.17, 15) is 27.9 Å². The molecular weight excluding hydrogens is 810 g/mol. The number of piperazine rings is 1. The molecule has 1 atom stereocenters. The predicted molar refractivity (Wildman–Crippen MR) is 199 cm³/mol. The monoisotopic (exact) mass is 853 g/mol. The van der Waals surface area contributed by atoms with Gasteiger partial charge in [-0.05, 0) is 93.3 Å². The van der Waals surface area contributed by atoms with E-state index in [-0.39, 0.29) is 36.2 Å². The highest BCUT2D eigenvalue weighted by atomic mass is 79.9. The van der Waals surface area contributed by atoms with Gasteiger partial charge in [0.05, 0.1) is 8.95 Å². The number of benzene rings is 2. The van der Waals surface area contributed by atoms with Crippen molar-refractivity contribution in [1.29, 1.82) is 0 Å². The minimum absolute atomic E-state index is 0.0236. The van der Waals surface area contributed by atoms with Gasteiger partial charge in [0.1, 0.15) is 5.75 Å². The molecule has 0 aromatic heterocycles. The van der Waals surface area contributed by atoms with Crippen LogP contribution in [0.2, 0.25) is 0 Å². The van der Waals surface area contributed by atoms with Crippen LogP contribution in [0.1, 0.15) is 36.8 Å². The molecule has 4 amide bonds. The molecule has 0 saturated carbocycles. The van der Waals surface area contributed by atoms with Crippen molar-refractivity contribution in [1.82, 2.24) is 28.6 Å². The highest BCUT2D eigenvalue weighted by molar-refractivity contribution is 9.11. The number of urea groups is 1. The van der Waals surface area contributed by atoms with Crippen LogP contribution in [-0.2, 0) is 32.6 Å². The van der Waals surface area contributed by atoms with Gasteiger partial charge in [0.25, 0.3) is 16.1 Å². The average molecular weight is 856 g/mol. The van der Waals surface area contributed by atoms with Crippen LogP contribution in [0.3, 0.4) is 0 Å². The summed E-state index contributed by atoms with van der Waals surface area (Å²) in [6.07, 6.45) is 1.86. The van der Waals surface area contributed by atoms with Crippen LogP contribution in [0.15, 0.2) is 45.3 Å². The van der Waals surface area contributed by atoms with Crippen LogP contribution in [0.4, 0.5) is 15.3 Å². The second-order valence-electron chi connectivity index (χ2n) is 13.4. The zero-order valence-corrected chi connectivity index (χ0v) is 32.6. The van der Waals surface area contributed by atoms with Gasteiger partial charge in [-0.1, -0.05) is 18.2 Å². The van der Waals surface area contributed by atoms with Crippen molar-refractivity contribution in [3.63, 3.8) is 0 Å². The van der Waals surface area contributed by atoms with Crippen molar-refractivity contribution in [3.05, 3.63) is 56.5 Å². The van der Waals surface area contributed by atoms with Crippen molar-refractivity contribution >= 4 is 65.8 Å². The summed E-state index contributed by atoms with van der Waals surface area (Å²) in [6, 6.07) is 11.3. The summed E-state index contributed by atoms with van der Waals surface area (Å²) in [5, 5.41) is 13.3. The van der Waals surface area contributed by atoms with E-state index in [1.54, 1.807) is 21.9 Å². The van der Waals surface area contributed by atoms with Crippen molar-refractivity contribution in [2.45, 2.75) is 56.7 Å². The second kappa shape index (κ2) is 16.4. The molecule has 2 aromatic carbocycles. The maximum absolute atomic E-state index is 14.1. The number of phenolic OH excluding ortho intramolecular Hbond substituents is 1. The van der Waals surface area contributed by atoms with Gasteiger partial charge in [0, 0.05) is 90.1 Å². The quantitative estimate of drug-likeness (QED) is 0.364. The number of ether oxygens (including phenoxy) is 1. The molecule has 3 fully saturated rings. The SMILES string of the molecule is CNS(=O)(=O)N1CCN(C2CCN(C(=O)C(Cc3cc(Br)c(O)c(Br)c3)OC(=O)N3CCC(N4CCc5ccccc5NC4=O)CC3)CC2)CC1. The molecule has 1 unspecified atom stereocenters. The molecule has 278 valence electrons. The van der Waals surface area contributed by atoms with Gasteiger partial charge >= 0.3 is 12.1 Å². The summed E-state index contributed by atoms with van der Waals surface area (Å²) in [5.41, 5.74) is 2.63. The van der Waals surface area contributed by atoms with E-state index in [0.717, 1.165) is 30.5 Å². The number of likely N-dealkylation sites (tertiary alicyclic amines) is 2. The summed E-state index contributed by atoms with van der Waals surface area (Å²) >= 11 is 6.73. The number of amides is 4. The van der Waals surface area contributed by atoms with E-state index in [4.69, 9.17) is 4.74 Å². The molecule has 0 bridgehead atoms. The number of aromatic hydroxyl groups is 1. The molecule has 6 rings (SSSR count). The van der Waals surface area contributed by atoms with E-state index in [0.29, 0.717) is 86.3 Å². The summed E-state index contributed by atoms with van der Waals surface area (Å²) in [6.45, 7) is 4.43. The fourth-order valence-corrected chi connectivity index (χ4v) is 9.70. The molecule has 4 heterocycles. The molecule has 0 aliphatic carbocycles. The van der Waals surface area contributed by atoms with E-state index in [2.05, 4.69) is 46.8 Å². The van der Waals surface area contributed by atoms with Gasteiger partial charge in [-0.2, -0.15) is 12.7 Å². The van der Waals surface area contributed by atoms with Gasteiger partial charge in [-0.15, -0.1) is 0 Å². The lowest BCUT2D eigenvalue weighted by Crippen LogP contribution is -2.56. The molecule has 4 aliphatic heterocycles. The third-order valence-electron chi connectivity index (χ3n) is 10.5. The zero-order chi connectivity index (χ0) is 36.3. The van der Waals surface area contributed by atoms with Crippen LogP contribution < -0.4 is 10.0 Å². The Hall–Kier alpha value is -2.96. The van der Waals surface area contributed by atoms with E-state index >= 15 is 0 Å². The van der Waals surface area contributed by atoms with Gasteiger partial charge in [0.2, 0.25) is 0 Å². The van der Waals surface area contributed by atoms with Crippen LogP contribution in [0.5, 0.6) is 5.75 Å². The summed E-state index contributed by atoms with van der Waals surface area (Å²) < 4.78 is 35.2.